The Morgan fingerprint density at radius 1 is 1.12 bits per heavy atom. The lowest BCUT2D eigenvalue weighted by molar-refractivity contribution is -0.151. The number of carbonyl (C=O) groups is 3. The number of Topliss-reactive ketones (excluding diaryl/α,β-unsaturated/α-hetero) is 1. The molecule has 0 saturated carbocycles. The van der Waals surface area contributed by atoms with Gasteiger partial charge in [0, 0.05) is 41.7 Å². The molecule has 0 spiro atoms. The van der Waals surface area contributed by atoms with E-state index < -0.39 is 23.8 Å². The first-order valence-electron chi connectivity index (χ1n) is 11.6. The van der Waals surface area contributed by atoms with E-state index in [0.717, 1.165) is 30.0 Å². The molecule has 1 aliphatic heterocycles. The number of nitrogens with one attached hydrogen (secondary N) is 1. The highest BCUT2D eigenvalue weighted by Gasteiger charge is 2.47. The lowest BCUT2D eigenvalue weighted by Gasteiger charge is -2.38. The monoisotopic (exact) mass is 454 g/mol. The van der Waals surface area contributed by atoms with Crippen molar-refractivity contribution in [2.24, 2.45) is 11.8 Å². The second-order valence-corrected chi connectivity index (χ2v) is 8.52. The van der Waals surface area contributed by atoms with Crippen molar-refractivity contribution in [3.63, 3.8) is 0 Å². The first-order valence-corrected chi connectivity index (χ1v) is 11.6. The Labute approximate surface area is 195 Å². The minimum absolute atomic E-state index is 0.209. The summed E-state index contributed by atoms with van der Waals surface area (Å²) in [6.45, 7) is 11.6. The average molecular weight is 455 g/mol. The Hall–Kier alpha value is -3.09. The molecule has 33 heavy (non-hydrogen) atoms. The summed E-state index contributed by atoms with van der Waals surface area (Å²) in [5, 5.41) is 3.27. The summed E-state index contributed by atoms with van der Waals surface area (Å²) in [6.07, 6.45) is 0.516. The maximum atomic E-state index is 13.7. The average Bonchev–Trinajstić information content (AvgIpc) is 2.79. The first kappa shape index (κ1) is 24.6. The second-order valence-electron chi connectivity index (χ2n) is 8.52. The van der Waals surface area contributed by atoms with Gasteiger partial charge in [-0.1, -0.05) is 19.1 Å². The van der Waals surface area contributed by atoms with Gasteiger partial charge in [0.1, 0.15) is 5.92 Å². The van der Waals surface area contributed by atoms with Crippen molar-refractivity contribution >= 4 is 23.4 Å². The van der Waals surface area contributed by atoms with Gasteiger partial charge in [-0.15, -0.1) is 0 Å². The third-order valence-electron chi connectivity index (χ3n) is 6.59. The van der Waals surface area contributed by atoms with Crippen LogP contribution in [0.15, 0.2) is 46.8 Å². The molecule has 7 heteroatoms. The molecule has 3 rings (SSSR count). The van der Waals surface area contributed by atoms with Crippen LogP contribution in [0, 0.1) is 11.8 Å². The van der Waals surface area contributed by atoms with E-state index in [9.17, 15) is 14.4 Å². The summed E-state index contributed by atoms with van der Waals surface area (Å²) in [5.74, 6) is -3.02. The molecule has 0 fully saturated rings. The van der Waals surface area contributed by atoms with Crippen molar-refractivity contribution < 1.29 is 23.9 Å². The van der Waals surface area contributed by atoms with Crippen molar-refractivity contribution in [1.29, 1.82) is 0 Å². The predicted octanol–water partition coefficient (Wildman–Crippen LogP) is 3.71. The number of hydrogen-bond donors (Lipinski definition) is 1. The maximum absolute atomic E-state index is 13.7. The number of dihydropyridines is 1. The molecule has 1 aromatic carbocycles. The summed E-state index contributed by atoms with van der Waals surface area (Å²) in [5.41, 5.74) is 4.16. The summed E-state index contributed by atoms with van der Waals surface area (Å²) in [6, 6.07) is 7.94. The number of rotatable bonds is 7. The van der Waals surface area contributed by atoms with Crippen LogP contribution in [-0.2, 0) is 23.9 Å². The highest BCUT2D eigenvalue weighted by atomic mass is 16.5. The molecule has 0 amide bonds. The molecule has 2 aliphatic rings. The molecule has 1 N–H and O–H groups in total. The van der Waals surface area contributed by atoms with Gasteiger partial charge >= 0.3 is 11.9 Å². The summed E-state index contributed by atoms with van der Waals surface area (Å²) in [7, 11) is 1.29. The SMILES string of the molecule is CCOC(=O)C1=C(C)NC2=C(C(=O)[C@H](C(=O)OC)[C@@H](C)C2)[C@H]1c1ccc(N(CC)CC)cc1. The lowest BCUT2D eigenvalue weighted by atomic mass is 9.69. The minimum Gasteiger partial charge on any atom is -0.468 e. The first-order chi connectivity index (χ1) is 15.8. The van der Waals surface area contributed by atoms with Crippen molar-refractivity contribution in [3.05, 3.63) is 52.4 Å². The number of ketones is 1. The molecular formula is C26H34N2O5. The molecule has 0 aromatic heterocycles. The minimum atomic E-state index is -0.894. The van der Waals surface area contributed by atoms with Crippen LogP contribution in [0.5, 0.6) is 0 Å². The zero-order valence-corrected chi connectivity index (χ0v) is 20.4. The van der Waals surface area contributed by atoms with Gasteiger partial charge in [0.05, 0.1) is 19.3 Å². The molecule has 1 aromatic rings. The van der Waals surface area contributed by atoms with Gasteiger partial charge < -0.3 is 19.7 Å². The van der Waals surface area contributed by atoms with Crippen molar-refractivity contribution in [2.45, 2.75) is 47.0 Å². The van der Waals surface area contributed by atoms with Gasteiger partial charge in [-0.05, 0) is 57.7 Å². The fourth-order valence-corrected chi connectivity index (χ4v) is 4.96. The Bertz CT molecular complexity index is 988. The van der Waals surface area contributed by atoms with E-state index in [1.54, 1.807) is 6.92 Å². The van der Waals surface area contributed by atoms with E-state index in [-0.39, 0.29) is 18.3 Å². The summed E-state index contributed by atoms with van der Waals surface area (Å²) >= 11 is 0. The third kappa shape index (κ3) is 4.54. The number of ether oxygens (including phenoxy) is 2. The van der Waals surface area contributed by atoms with Crippen LogP contribution in [0.4, 0.5) is 5.69 Å². The molecule has 178 valence electrons. The normalized spacial score (nSPS) is 22.5. The number of nitrogens with zero attached hydrogens (tertiary/aromatic N) is 1. The zero-order valence-electron chi connectivity index (χ0n) is 20.4. The fraction of sp³-hybridized carbons (Fsp3) is 0.500. The van der Waals surface area contributed by atoms with Gasteiger partial charge in [-0.25, -0.2) is 4.79 Å². The van der Waals surface area contributed by atoms with Crippen molar-refractivity contribution in [1.82, 2.24) is 5.32 Å². The van der Waals surface area contributed by atoms with Gasteiger partial charge in [0.15, 0.2) is 5.78 Å². The van der Waals surface area contributed by atoms with E-state index in [4.69, 9.17) is 9.47 Å². The molecule has 0 bridgehead atoms. The Balaban J connectivity index is 2.15. The van der Waals surface area contributed by atoms with Crippen LogP contribution < -0.4 is 10.2 Å². The molecule has 3 atom stereocenters. The number of carbonyl (C=O) groups excluding carboxylic acids is 3. The lowest BCUT2D eigenvalue weighted by Crippen LogP contribution is -2.43. The van der Waals surface area contributed by atoms with E-state index in [0.29, 0.717) is 23.3 Å². The van der Waals surface area contributed by atoms with E-state index >= 15 is 0 Å². The van der Waals surface area contributed by atoms with E-state index in [1.165, 1.54) is 7.11 Å². The summed E-state index contributed by atoms with van der Waals surface area (Å²) < 4.78 is 10.3. The van der Waals surface area contributed by atoms with Crippen LogP contribution >= 0.6 is 0 Å². The number of allylic oxidation sites excluding steroid dienone is 3. The number of anilines is 1. The van der Waals surface area contributed by atoms with Crippen LogP contribution in [0.3, 0.4) is 0 Å². The molecule has 1 aliphatic carbocycles. The molecule has 0 radical (unpaired) electrons. The fourth-order valence-electron chi connectivity index (χ4n) is 4.96. The van der Waals surface area contributed by atoms with Gasteiger partial charge in [0.2, 0.25) is 0 Å². The van der Waals surface area contributed by atoms with Gasteiger partial charge in [0.25, 0.3) is 0 Å². The Kier molecular flexibility index (Phi) is 7.61. The van der Waals surface area contributed by atoms with Crippen LogP contribution in [0.25, 0.3) is 0 Å². The highest BCUT2D eigenvalue weighted by molar-refractivity contribution is 6.12. The van der Waals surface area contributed by atoms with Crippen molar-refractivity contribution in [3.8, 4) is 0 Å². The maximum Gasteiger partial charge on any atom is 0.336 e. The van der Waals surface area contributed by atoms with Crippen molar-refractivity contribution in [2.75, 3.05) is 31.7 Å². The Morgan fingerprint density at radius 2 is 1.76 bits per heavy atom. The molecule has 1 heterocycles. The third-order valence-corrected chi connectivity index (χ3v) is 6.59. The molecular weight excluding hydrogens is 420 g/mol. The van der Waals surface area contributed by atoms with Gasteiger partial charge in [-0.2, -0.15) is 0 Å². The standard InChI is InChI=1S/C26H34N2O5/c1-7-28(8-2)18-12-10-17(11-13-18)22-21(26(31)33-9-3)16(5)27-19-14-15(4)20(25(30)32-6)24(29)23(19)22/h10-13,15,20,22,27H,7-9,14H2,1-6H3/t15-,20+,22-/m0/s1. The number of methoxy groups -OCH3 is 1. The van der Waals surface area contributed by atoms with Crippen LogP contribution in [-0.4, -0.2) is 44.5 Å². The van der Waals surface area contributed by atoms with E-state index in [1.807, 2.05) is 38.1 Å². The summed E-state index contributed by atoms with van der Waals surface area (Å²) in [4.78, 5) is 41.4. The van der Waals surface area contributed by atoms with E-state index in [2.05, 4.69) is 24.1 Å². The number of esters is 2. The smallest absolute Gasteiger partial charge is 0.336 e. The molecule has 0 unspecified atom stereocenters. The molecule has 7 nitrogen and oxygen atoms in total. The number of hydrogen-bond acceptors (Lipinski definition) is 7. The van der Waals surface area contributed by atoms with Crippen LogP contribution in [0.2, 0.25) is 0 Å². The largest absolute Gasteiger partial charge is 0.468 e. The van der Waals surface area contributed by atoms with Gasteiger partial charge in [-0.3, -0.25) is 9.59 Å². The zero-order chi connectivity index (χ0) is 24.3. The number of benzene rings is 1. The highest BCUT2D eigenvalue weighted by Crippen LogP contribution is 2.45. The topological polar surface area (TPSA) is 84.9 Å². The predicted molar refractivity (Wildman–Crippen MR) is 127 cm³/mol. The quantitative estimate of drug-likeness (QED) is 0.497. The van der Waals surface area contributed by atoms with Crippen LogP contribution in [0.1, 0.15) is 52.5 Å². The Morgan fingerprint density at radius 3 is 2.30 bits per heavy atom. The second kappa shape index (κ2) is 10.2. The molecule has 0 saturated heterocycles.